The van der Waals surface area contributed by atoms with Crippen molar-refractivity contribution in [2.75, 3.05) is 5.32 Å². The third-order valence-electron chi connectivity index (χ3n) is 3.33. The van der Waals surface area contributed by atoms with Crippen LogP contribution in [-0.4, -0.2) is 10.2 Å². The number of rotatable bonds is 3. The van der Waals surface area contributed by atoms with Gasteiger partial charge in [0.2, 0.25) is 0 Å². The predicted octanol–water partition coefficient (Wildman–Crippen LogP) is 3.59. The number of nitrogens with one attached hydrogen (secondary N) is 1. The van der Waals surface area contributed by atoms with Gasteiger partial charge in [0.15, 0.2) is 0 Å². The van der Waals surface area contributed by atoms with Crippen molar-refractivity contribution in [3.63, 3.8) is 0 Å². The summed E-state index contributed by atoms with van der Waals surface area (Å²) in [6.45, 7) is 3.41. The Morgan fingerprint density at radius 2 is 1.95 bits per heavy atom. The van der Waals surface area contributed by atoms with E-state index in [0.29, 0.717) is 16.8 Å². The average Bonchev–Trinajstić information content (AvgIpc) is 2.43. The third-order valence-corrected chi connectivity index (χ3v) is 3.33. The van der Waals surface area contributed by atoms with Gasteiger partial charge in [-0.2, -0.15) is 5.26 Å². The van der Waals surface area contributed by atoms with E-state index in [2.05, 4.69) is 5.32 Å². The number of benzene rings is 2. The minimum Gasteiger partial charge on any atom is -0.508 e. The Bertz CT molecular complexity index is 723. The summed E-state index contributed by atoms with van der Waals surface area (Å²) in [7, 11) is 0. The maximum absolute atomic E-state index is 13.7. The first kappa shape index (κ1) is 14.7. The monoisotopic (exact) mass is 286 g/mol. The molecule has 1 unspecified atom stereocenters. The summed E-state index contributed by atoms with van der Waals surface area (Å²) in [6, 6.07) is 8.62. The van der Waals surface area contributed by atoms with E-state index < -0.39 is 5.82 Å². The molecule has 2 rings (SSSR count). The maximum Gasteiger partial charge on any atom is 0.129 e. The Morgan fingerprint density at radius 3 is 2.57 bits per heavy atom. The van der Waals surface area contributed by atoms with Gasteiger partial charge in [-0.05, 0) is 38.1 Å². The van der Waals surface area contributed by atoms with Crippen LogP contribution in [-0.2, 0) is 0 Å². The van der Waals surface area contributed by atoms with Crippen molar-refractivity contribution < 1.29 is 14.6 Å². The summed E-state index contributed by atoms with van der Waals surface area (Å²) in [5.41, 5.74) is 1.68. The standard InChI is InChI=1S/C16H15FN2O2/c1-9-14(17)5-11(8-18)6-15(9)19-10(2)13-4-3-12(20)7-16(13)21/h3-7,10,19-21H,1-2H3. The molecular formula is C16H15FN2O2. The number of nitriles is 1. The van der Waals surface area contributed by atoms with Crippen LogP contribution in [0.3, 0.4) is 0 Å². The molecule has 21 heavy (non-hydrogen) atoms. The second kappa shape index (κ2) is 5.71. The van der Waals surface area contributed by atoms with Crippen LogP contribution in [0.4, 0.5) is 10.1 Å². The van der Waals surface area contributed by atoms with Crippen molar-refractivity contribution in [3.05, 3.63) is 52.8 Å². The summed E-state index contributed by atoms with van der Waals surface area (Å²) in [5.74, 6) is -0.541. The first-order chi connectivity index (χ1) is 9.92. The molecule has 0 aliphatic rings. The summed E-state index contributed by atoms with van der Waals surface area (Å²) in [6.07, 6.45) is 0. The highest BCUT2D eigenvalue weighted by atomic mass is 19.1. The molecule has 0 bridgehead atoms. The van der Waals surface area contributed by atoms with Gasteiger partial charge in [-0.1, -0.05) is 0 Å². The van der Waals surface area contributed by atoms with E-state index >= 15 is 0 Å². The zero-order valence-electron chi connectivity index (χ0n) is 11.7. The topological polar surface area (TPSA) is 76.3 Å². The molecular weight excluding hydrogens is 271 g/mol. The fraction of sp³-hybridized carbons (Fsp3) is 0.188. The van der Waals surface area contributed by atoms with E-state index in [4.69, 9.17) is 5.26 Å². The van der Waals surface area contributed by atoms with Crippen molar-refractivity contribution in [2.24, 2.45) is 0 Å². The number of halogens is 1. The fourth-order valence-electron chi connectivity index (χ4n) is 2.10. The molecule has 1 atom stereocenters. The molecule has 4 nitrogen and oxygen atoms in total. The SMILES string of the molecule is Cc1c(F)cc(C#N)cc1NC(C)c1ccc(O)cc1O. The van der Waals surface area contributed by atoms with Crippen LogP contribution in [0.1, 0.15) is 29.7 Å². The lowest BCUT2D eigenvalue weighted by Crippen LogP contribution is -2.09. The van der Waals surface area contributed by atoms with Crippen molar-refractivity contribution in [1.82, 2.24) is 0 Å². The minimum absolute atomic E-state index is 0.0304. The molecule has 0 radical (unpaired) electrons. The highest BCUT2D eigenvalue weighted by Crippen LogP contribution is 2.31. The lowest BCUT2D eigenvalue weighted by molar-refractivity contribution is 0.444. The predicted molar refractivity (Wildman–Crippen MR) is 77.7 cm³/mol. The lowest BCUT2D eigenvalue weighted by atomic mass is 10.0. The Kier molecular flexibility index (Phi) is 3.99. The van der Waals surface area contributed by atoms with E-state index in [-0.39, 0.29) is 23.1 Å². The van der Waals surface area contributed by atoms with Gasteiger partial charge in [-0.3, -0.25) is 0 Å². The summed E-state index contributed by atoms with van der Waals surface area (Å²) < 4.78 is 13.7. The van der Waals surface area contributed by atoms with E-state index in [0.717, 1.165) is 0 Å². The maximum atomic E-state index is 13.7. The van der Waals surface area contributed by atoms with Crippen LogP contribution >= 0.6 is 0 Å². The van der Waals surface area contributed by atoms with Crippen LogP contribution in [0.15, 0.2) is 30.3 Å². The average molecular weight is 286 g/mol. The van der Waals surface area contributed by atoms with Crippen molar-refractivity contribution in [2.45, 2.75) is 19.9 Å². The normalized spacial score (nSPS) is 11.7. The Balaban J connectivity index is 2.33. The number of aromatic hydroxyl groups is 2. The smallest absolute Gasteiger partial charge is 0.129 e. The molecule has 3 N–H and O–H groups in total. The van der Waals surface area contributed by atoms with Crippen LogP contribution in [0.2, 0.25) is 0 Å². The summed E-state index contributed by atoms with van der Waals surface area (Å²) in [4.78, 5) is 0. The number of phenols is 2. The molecule has 2 aromatic carbocycles. The summed E-state index contributed by atoms with van der Waals surface area (Å²) in [5, 5.41) is 31.1. The van der Waals surface area contributed by atoms with Gasteiger partial charge in [0, 0.05) is 22.9 Å². The molecule has 0 aliphatic carbocycles. The molecule has 2 aromatic rings. The minimum atomic E-state index is -0.460. The highest BCUT2D eigenvalue weighted by Gasteiger charge is 2.14. The molecule has 0 aromatic heterocycles. The molecule has 0 aliphatic heterocycles. The second-order valence-corrected chi connectivity index (χ2v) is 4.85. The molecule has 0 heterocycles. The van der Waals surface area contributed by atoms with E-state index in [1.807, 2.05) is 6.07 Å². The molecule has 108 valence electrons. The number of anilines is 1. The first-order valence-corrected chi connectivity index (χ1v) is 6.41. The number of nitrogens with zero attached hydrogens (tertiary/aromatic N) is 1. The van der Waals surface area contributed by atoms with Gasteiger partial charge < -0.3 is 15.5 Å². The van der Waals surface area contributed by atoms with E-state index in [1.54, 1.807) is 26.0 Å². The van der Waals surface area contributed by atoms with Gasteiger partial charge in [-0.25, -0.2) is 4.39 Å². The van der Waals surface area contributed by atoms with Crippen molar-refractivity contribution in [1.29, 1.82) is 5.26 Å². The largest absolute Gasteiger partial charge is 0.508 e. The Morgan fingerprint density at radius 1 is 1.24 bits per heavy atom. The van der Waals surface area contributed by atoms with Gasteiger partial charge in [0.25, 0.3) is 0 Å². The zero-order chi connectivity index (χ0) is 15.6. The van der Waals surface area contributed by atoms with Crippen molar-refractivity contribution in [3.8, 4) is 17.6 Å². The van der Waals surface area contributed by atoms with E-state index in [1.165, 1.54) is 18.2 Å². The quantitative estimate of drug-likeness (QED) is 0.806. The highest BCUT2D eigenvalue weighted by molar-refractivity contribution is 5.57. The van der Waals surface area contributed by atoms with Gasteiger partial charge in [0.1, 0.15) is 17.3 Å². The Labute approximate surface area is 122 Å². The zero-order valence-corrected chi connectivity index (χ0v) is 11.7. The number of phenolic OH excluding ortho intramolecular Hbond substituents is 2. The molecule has 5 heteroatoms. The Hall–Kier alpha value is -2.74. The molecule has 0 amide bonds. The summed E-state index contributed by atoms with van der Waals surface area (Å²) >= 11 is 0. The molecule has 0 saturated carbocycles. The van der Waals surface area contributed by atoms with Crippen LogP contribution in [0.5, 0.6) is 11.5 Å². The second-order valence-electron chi connectivity index (χ2n) is 4.85. The lowest BCUT2D eigenvalue weighted by Gasteiger charge is -2.19. The number of hydrogen-bond donors (Lipinski definition) is 3. The fourth-order valence-corrected chi connectivity index (χ4v) is 2.10. The van der Waals surface area contributed by atoms with E-state index in [9.17, 15) is 14.6 Å². The molecule has 0 saturated heterocycles. The molecule has 0 spiro atoms. The van der Waals surface area contributed by atoms with Crippen LogP contribution in [0.25, 0.3) is 0 Å². The first-order valence-electron chi connectivity index (χ1n) is 6.41. The van der Waals surface area contributed by atoms with Crippen LogP contribution < -0.4 is 5.32 Å². The van der Waals surface area contributed by atoms with Crippen molar-refractivity contribution >= 4 is 5.69 Å². The van der Waals surface area contributed by atoms with Gasteiger partial charge >= 0.3 is 0 Å². The van der Waals surface area contributed by atoms with Gasteiger partial charge in [0.05, 0.1) is 17.7 Å². The van der Waals surface area contributed by atoms with Crippen LogP contribution in [0, 0.1) is 24.1 Å². The molecule has 0 fully saturated rings. The number of hydrogen-bond acceptors (Lipinski definition) is 4. The third kappa shape index (κ3) is 3.06. The van der Waals surface area contributed by atoms with Gasteiger partial charge in [-0.15, -0.1) is 0 Å².